The lowest BCUT2D eigenvalue weighted by molar-refractivity contribution is -0.157. The van der Waals surface area contributed by atoms with Gasteiger partial charge in [-0.15, -0.1) is 6.58 Å². The second-order valence-electron chi connectivity index (χ2n) is 6.05. The Kier molecular flexibility index (Phi) is 6.69. The standard InChI is InChI=1S/C17H25NO5/c1-6-9-23-18-11(7-2)13-12(19)10-17(4,5)14(15(13)20)16(21)22-8-3/h6,14,18H,1,7-10H2,2-5H3/b13-11-. The maximum Gasteiger partial charge on any atom is 0.317 e. The summed E-state index contributed by atoms with van der Waals surface area (Å²) in [6, 6.07) is 0. The fraction of sp³-hybridized carbons (Fsp3) is 0.588. The zero-order chi connectivity index (χ0) is 17.6. The molecule has 1 N–H and O–H groups in total. The van der Waals surface area contributed by atoms with Crippen LogP contribution in [0.1, 0.15) is 40.5 Å². The van der Waals surface area contributed by atoms with E-state index in [1.165, 1.54) is 0 Å². The summed E-state index contributed by atoms with van der Waals surface area (Å²) in [5, 5.41) is 0. The molecule has 6 nitrogen and oxygen atoms in total. The van der Waals surface area contributed by atoms with Crippen LogP contribution in [0.2, 0.25) is 0 Å². The summed E-state index contributed by atoms with van der Waals surface area (Å²) < 4.78 is 5.02. The molecule has 1 aliphatic rings. The highest BCUT2D eigenvalue weighted by atomic mass is 16.6. The number of Topliss-reactive ketones (excluding diaryl/α,β-unsaturated/α-hetero) is 2. The highest BCUT2D eigenvalue weighted by molar-refractivity contribution is 6.27. The van der Waals surface area contributed by atoms with Crippen molar-refractivity contribution in [3.63, 3.8) is 0 Å². The molecule has 0 amide bonds. The molecule has 0 heterocycles. The summed E-state index contributed by atoms with van der Waals surface area (Å²) in [4.78, 5) is 42.6. The number of hydrogen-bond donors (Lipinski definition) is 1. The molecule has 6 heteroatoms. The number of carbonyl (C=O) groups excluding carboxylic acids is 3. The van der Waals surface area contributed by atoms with Crippen molar-refractivity contribution in [2.45, 2.75) is 40.5 Å². The summed E-state index contributed by atoms with van der Waals surface area (Å²) in [7, 11) is 0. The Hall–Kier alpha value is -1.95. The van der Waals surface area contributed by atoms with Gasteiger partial charge in [0.25, 0.3) is 0 Å². The first kappa shape index (κ1) is 19.1. The largest absolute Gasteiger partial charge is 0.465 e. The average Bonchev–Trinajstić information content (AvgIpc) is 2.44. The van der Waals surface area contributed by atoms with E-state index in [1.807, 2.05) is 0 Å². The topological polar surface area (TPSA) is 81.7 Å². The molecule has 1 saturated carbocycles. The van der Waals surface area contributed by atoms with E-state index in [9.17, 15) is 14.4 Å². The first-order chi connectivity index (χ1) is 10.8. The van der Waals surface area contributed by atoms with Gasteiger partial charge in [0.05, 0.1) is 24.5 Å². The molecule has 0 radical (unpaired) electrons. The number of ketones is 2. The van der Waals surface area contributed by atoms with E-state index < -0.39 is 23.1 Å². The van der Waals surface area contributed by atoms with Gasteiger partial charge in [-0.25, -0.2) is 0 Å². The van der Waals surface area contributed by atoms with Crippen molar-refractivity contribution in [1.29, 1.82) is 0 Å². The molecular weight excluding hydrogens is 298 g/mol. The van der Waals surface area contributed by atoms with Gasteiger partial charge in [0.1, 0.15) is 5.92 Å². The maximum absolute atomic E-state index is 12.8. The van der Waals surface area contributed by atoms with Gasteiger partial charge in [-0.1, -0.05) is 26.8 Å². The van der Waals surface area contributed by atoms with E-state index in [1.54, 1.807) is 33.8 Å². The minimum atomic E-state index is -0.988. The predicted octanol–water partition coefficient (Wildman–Crippen LogP) is 2.11. The minimum absolute atomic E-state index is 0.00828. The van der Waals surface area contributed by atoms with Gasteiger partial charge >= 0.3 is 5.97 Å². The van der Waals surface area contributed by atoms with Crippen LogP contribution in [0.15, 0.2) is 23.9 Å². The lowest BCUT2D eigenvalue weighted by Gasteiger charge is -2.36. The van der Waals surface area contributed by atoms with Crippen LogP contribution in [-0.4, -0.2) is 30.7 Å². The fourth-order valence-corrected chi connectivity index (χ4v) is 2.70. The van der Waals surface area contributed by atoms with Gasteiger partial charge in [-0.05, 0) is 18.8 Å². The molecule has 1 rings (SSSR count). The average molecular weight is 323 g/mol. The van der Waals surface area contributed by atoms with Crippen molar-refractivity contribution in [1.82, 2.24) is 5.48 Å². The first-order valence-corrected chi connectivity index (χ1v) is 7.76. The Labute approximate surface area is 136 Å². The molecule has 0 aromatic carbocycles. The summed E-state index contributed by atoms with van der Waals surface area (Å²) in [6.07, 6.45) is 2.05. The lowest BCUT2D eigenvalue weighted by Crippen LogP contribution is -2.47. The molecule has 1 unspecified atom stereocenters. The highest BCUT2D eigenvalue weighted by Gasteiger charge is 2.50. The maximum atomic E-state index is 12.8. The normalized spacial score (nSPS) is 22.5. The van der Waals surface area contributed by atoms with Crippen LogP contribution in [0.3, 0.4) is 0 Å². The molecule has 0 bridgehead atoms. The van der Waals surface area contributed by atoms with E-state index in [-0.39, 0.29) is 31.0 Å². The molecule has 128 valence electrons. The molecule has 1 fully saturated rings. The molecule has 1 aliphatic carbocycles. The molecule has 0 aliphatic heterocycles. The highest BCUT2D eigenvalue weighted by Crippen LogP contribution is 2.40. The van der Waals surface area contributed by atoms with Crippen molar-refractivity contribution in [2.24, 2.45) is 11.3 Å². The van der Waals surface area contributed by atoms with E-state index >= 15 is 0 Å². The molecular formula is C17H25NO5. The van der Waals surface area contributed by atoms with Crippen LogP contribution < -0.4 is 5.48 Å². The molecule has 0 aromatic rings. The molecule has 0 saturated heterocycles. The smallest absolute Gasteiger partial charge is 0.317 e. The third-order valence-corrected chi connectivity index (χ3v) is 3.76. The number of hydroxylamine groups is 1. The van der Waals surface area contributed by atoms with Crippen molar-refractivity contribution < 1.29 is 24.0 Å². The van der Waals surface area contributed by atoms with Gasteiger partial charge in [0.2, 0.25) is 0 Å². The van der Waals surface area contributed by atoms with Gasteiger partial charge in [0.15, 0.2) is 11.6 Å². The van der Waals surface area contributed by atoms with E-state index in [2.05, 4.69) is 12.1 Å². The minimum Gasteiger partial charge on any atom is -0.465 e. The van der Waals surface area contributed by atoms with Crippen LogP contribution in [-0.2, 0) is 24.0 Å². The zero-order valence-electron chi connectivity index (χ0n) is 14.2. The van der Waals surface area contributed by atoms with Crippen LogP contribution in [0, 0.1) is 11.3 Å². The zero-order valence-corrected chi connectivity index (χ0v) is 14.2. The number of hydrogen-bond acceptors (Lipinski definition) is 6. The number of carbonyl (C=O) groups is 3. The van der Waals surface area contributed by atoms with Crippen LogP contribution >= 0.6 is 0 Å². The molecule has 23 heavy (non-hydrogen) atoms. The molecule has 0 aromatic heterocycles. The Balaban J connectivity index is 3.21. The van der Waals surface area contributed by atoms with Crippen molar-refractivity contribution in [2.75, 3.05) is 13.2 Å². The summed E-state index contributed by atoms with van der Waals surface area (Å²) >= 11 is 0. The number of nitrogens with one attached hydrogen (secondary N) is 1. The Bertz CT molecular complexity index is 533. The Morgan fingerprint density at radius 3 is 2.57 bits per heavy atom. The van der Waals surface area contributed by atoms with Crippen molar-refractivity contribution in [3.8, 4) is 0 Å². The first-order valence-electron chi connectivity index (χ1n) is 7.76. The summed E-state index contributed by atoms with van der Waals surface area (Å²) in [5.74, 6) is -2.36. The number of allylic oxidation sites excluding steroid dienone is 2. The van der Waals surface area contributed by atoms with Gasteiger partial charge in [-0.3, -0.25) is 24.7 Å². The SMILES string of the molecule is C=CCON/C(CC)=C1/C(=O)CC(C)(C)C(C(=O)OCC)C1=O. The fourth-order valence-electron chi connectivity index (χ4n) is 2.70. The third kappa shape index (κ3) is 4.28. The van der Waals surface area contributed by atoms with E-state index in [4.69, 9.17) is 9.57 Å². The van der Waals surface area contributed by atoms with Crippen LogP contribution in [0.5, 0.6) is 0 Å². The predicted molar refractivity (Wildman–Crippen MR) is 85.1 cm³/mol. The van der Waals surface area contributed by atoms with Gasteiger partial charge < -0.3 is 4.74 Å². The number of ether oxygens (including phenoxy) is 1. The van der Waals surface area contributed by atoms with Crippen molar-refractivity contribution >= 4 is 17.5 Å². The van der Waals surface area contributed by atoms with Crippen molar-refractivity contribution in [3.05, 3.63) is 23.9 Å². The second kappa shape index (κ2) is 8.06. The Morgan fingerprint density at radius 2 is 2.04 bits per heavy atom. The van der Waals surface area contributed by atoms with Gasteiger partial charge in [0, 0.05) is 6.42 Å². The van der Waals surface area contributed by atoms with E-state index in [0.29, 0.717) is 12.1 Å². The summed E-state index contributed by atoms with van der Waals surface area (Å²) in [6.45, 7) is 10.9. The number of esters is 1. The van der Waals surface area contributed by atoms with Crippen LogP contribution in [0.4, 0.5) is 0 Å². The van der Waals surface area contributed by atoms with Crippen LogP contribution in [0.25, 0.3) is 0 Å². The number of rotatable bonds is 7. The van der Waals surface area contributed by atoms with Gasteiger partial charge in [-0.2, -0.15) is 0 Å². The second-order valence-corrected chi connectivity index (χ2v) is 6.05. The summed E-state index contributed by atoms with van der Waals surface area (Å²) in [5.41, 5.74) is 2.25. The van der Waals surface area contributed by atoms with E-state index in [0.717, 1.165) is 0 Å². The Morgan fingerprint density at radius 1 is 1.39 bits per heavy atom. The third-order valence-electron chi connectivity index (χ3n) is 3.76. The molecule has 1 atom stereocenters. The quantitative estimate of drug-likeness (QED) is 0.147. The lowest BCUT2D eigenvalue weighted by atomic mass is 9.65. The molecule has 0 spiro atoms. The monoisotopic (exact) mass is 323 g/mol.